The SMILES string of the molecule is C#CCN(Cc1ccc2nc(C)[nH]c(=O)c2c1)c1ccccc1C(=O)C(C(=O)OCC)c1ccccc1C. The zero-order valence-electron chi connectivity index (χ0n) is 21.7. The molecule has 1 heterocycles. The number of aryl methyl sites for hydroxylation is 2. The summed E-state index contributed by atoms with van der Waals surface area (Å²) in [5, 5.41) is 0.472. The minimum atomic E-state index is -1.11. The minimum Gasteiger partial charge on any atom is -0.465 e. The number of aromatic amines is 1. The Hall–Kier alpha value is -4.70. The molecule has 0 radical (unpaired) electrons. The van der Waals surface area contributed by atoms with Gasteiger partial charge in [0.25, 0.3) is 5.56 Å². The molecule has 4 rings (SSSR count). The predicted octanol–water partition coefficient (Wildman–Crippen LogP) is 4.71. The van der Waals surface area contributed by atoms with Gasteiger partial charge in [-0.15, -0.1) is 6.42 Å². The summed E-state index contributed by atoms with van der Waals surface area (Å²) in [4.78, 5) is 48.6. The van der Waals surface area contributed by atoms with Crippen LogP contribution in [0, 0.1) is 26.2 Å². The lowest BCUT2D eigenvalue weighted by atomic mass is 9.87. The van der Waals surface area contributed by atoms with Crippen LogP contribution in [0.5, 0.6) is 0 Å². The van der Waals surface area contributed by atoms with Crippen LogP contribution in [0.3, 0.4) is 0 Å². The summed E-state index contributed by atoms with van der Waals surface area (Å²) in [6.45, 7) is 6.02. The van der Waals surface area contributed by atoms with E-state index in [2.05, 4.69) is 15.9 Å². The molecule has 192 valence electrons. The number of benzene rings is 3. The van der Waals surface area contributed by atoms with Gasteiger partial charge >= 0.3 is 5.97 Å². The fraction of sp³-hybridized carbons (Fsp3) is 0.226. The molecule has 38 heavy (non-hydrogen) atoms. The Kier molecular flexibility index (Phi) is 8.03. The van der Waals surface area contributed by atoms with Gasteiger partial charge in [-0.1, -0.05) is 48.4 Å². The van der Waals surface area contributed by atoms with Crippen LogP contribution in [0.2, 0.25) is 0 Å². The van der Waals surface area contributed by atoms with Crippen molar-refractivity contribution in [2.24, 2.45) is 0 Å². The largest absolute Gasteiger partial charge is 0.465 e. The zero-order chi connectivity index (χ0) is 27.2. The van der Waals surface area contributed by atoms with Crippen LogP contribution in [0.1, 0.15) is 45.7 Å². The molecular weight excluding hydrogens is 478 g/mol. The highest BCUT2D eigenvalue weighted by molar-refractivity contribution is 6.15. The second-order valence-electron chi connectivity index (χ2n) is 8.99. The van der Waals surface area contributed by atoms with Crippen molar-refractivity contribution in [2.45, 2.75) is 33.2 Å². The second-order valence-corrected chi connectivity index (χ2v) is 8.99. The fourth-order valence-corrected chi connectivity index (χ4v) is 4.58. The summed E-state index contributed by atoms with van der Waals surface area (Å²) >= 11 is 0. The van der Waals surface area contributed by atoms with E-state index in [1.165, 1.54) is 0 Å². The number of carbonyl (C=O) groups excluding carboxylic acids is 2. The summed E-state index contributed by atoms with van der Waals surface area (Å²) in [6, 6.07) is 19.9. The Labute approximate surface area is 221 Å². The maximum atomic E-state index is 14.0. The van der Waals surface area contributed by atoms with Gasteiger partial charge in [-0.25, -0.2) is 4.98 Å². The molecule has 0 amide bonds. The first-order valence-corrected chi connectivity index (χ1v) is 12.4. The van der Waals surface area contributed by atoms with Crippen molar-refractivity contribution in [3.63, 3.8) is 0 Å². The summed E-state index contributed by atoms with van der Waals surface area (Å²) in [7, 11) is 0. The highest BCUT2D eigenvalue weighted by atomic mass is 16.5. The van der Waals surface area contributed by atoms with E-state index in [0.717, 1.165) is 11.1 Å². The van der Waals surface area contributed by atoms with E-state index in [9.17, 15) is 14.4 Å². The van der Waals surface area contributed by atoms with Crippen LogP contribution >= 0.6 is 0 Å². The number of esters is 1. The van der Waals surface area contributed by atoms with Gasteiger partial charge < -0.3 is 14.6 Å². The first-order valence-electron chi connectivity index (χ1n) is 12.4. The number of rotatable bonds is 9. The van der Waals surface area contributed by atoms with Crippen molar-refractivity contribution in [1.29, 1.82) is 0 Å². The molecule has 1 unspecified atom stereocenters. The number of nitrogens with zero attached hydrogens (tertiary/aromatic N) is 2. The Balaban J connectivity index is 1.76. The molecule has 7 heteroatoms. The van der Waals surface area contributed by atoms with Crippen LogP contribution in [-0.2, 0) is 16.1 Å². The Morgan fingerprint density at radius 3 is 2.55 bits per heavy atom. The summed E-state index contributed by atoms with van der Waals surface area (Å²) < 4.78 is 5.32. The third kappa shape index (κ3) is 5.50. The standard InChI is InChI=1S/C31H29N3O4/c1-5-17-34(19-22-15-16-26-25(18-22)30(36)33-21(4)32-26)27-14-10-9-13-24(27)29(35)28(31(37)38-6-2)23-12-8-7-11-20(23)3/h1,7-16,18,28H,6,17,19H2,2-4H3,(H,32,33,36). The molecule has 0 aliphatic heterocycles. The van der Waals surface area contributed by atoms with Crippen molar-refractivity contribution in [3.05, 3.63) is 105 Å². The Morgan fingerprint density at radius 1 is 1.08 bits per heavy atom. The normalized spacial score (nSPS) is 11.5. The molecule has 0 aliphatic rings. The third-order valence-electron chi connectivity index (χ3n) is 6.34. The monoisotopic (exact) mass is 507 g/mol. The number of terminal acetylenes is 1. The average molecular weight is 508 g/mol. The number of H-pyrrole nitrogens is 1. The molecule has 4 aromatic rings. The van der Waals surface area contributed by atoms with Gasteiger partial charge in [0.05, 0.1) is 24.1 Å². The number of fused-ring (bicyclic) bond motifs is 1. The molecule has 7 nitrogen and oxygen atoms in total. The topological polar surface area (TPSA) is 92.4 Å². The number of para-hydroxylation sites is 1. The molecule has 0 spiro atoms. The van der Waals surface area contributed by atoms with Crippen LogP contribution < -0.4 is 10.5 Å². The maximum absolute atomic E-state index is 14.0. The maximum Gasteiger partial charge on any atom is 0.321 e. The lowest BCUT2D eigenvalue weighted by molar-refractivity contribution is -0.143. The fourth-order valence-electron chi connectivity index (χ4n) is 4.58. The molecule has 1 aromatic heterocycles. The highest BCUT2D eigenvalue weighted by Crippen LogP contribution is 2.31. The van der Waals surface area contributed by atoms with Gasteiger partial charge in [0.15, 0.2) is 5.78 Å². The number of hydrogen-bond donors (Lipinski definition) is 1. The molecule has 0 bridgehead atoms. The van der Waals surface area contributed by atoms with E-state index in [4.69, 9.17) is 11.2 Å². The number of hydrogen-bond acceptors (Lipinski definition) is 6. The van der Waals surface area contributed by atoms with Crippen molar-refractivity contribution < 1.29 is 14.3 Å². The van der Waals surface area contributed by atoms with Crippen LogP contribution in [-0.4, -0.2) is 34.9 Å². The van der Waals surface area contributed by atoms with Crippen LogP contribution in [0.25, 0.3) is 10.9 Å². The number of ketones is 1. The van der Waals surface area contributed by atoms with Gasteiger partial charge in [0.2, 0.25) is 0 Å². The van der Waals surface area contributed by atoms with Crippen LogP contribution in [0.4, 0.5) is 5.69 Å². The molecular formula is C31H29N3O4. The minimum absolute atomic E-state index is 0.162. The summed E-state index contributed by atoms with van der Waals surface area (Å²) in [5.41, 5.74) is 3.59. The molecule has 1 N–H and O–H groups in total. The average Bonchev–Trinajstić information content (AvgIpc) is 2.90. The molecule has 0 saturated heterocycles. The number of carbonyl (C=O) groups is 2. The number of nitrogens with one attached hydrogen (secondary N) is 1. The Morgan fingerprint density at radius 2 is 1.82 bits per heavy atom. The van der Waals surface area contributed by atoms with Crippen molar-refractivity contribution >= 4 is 28.3 Å². The lowest BCUT2D eigenvalue weighted by Gasteiger charge is -2.26. The smallest absolute Gasteiger partial charge is 0.321 e. The van der Waals surface area contributed by atoms with Gasteiger partial charge in [-0.05, 0) is 61.7 Å². The molecule has 0 aliphatic carbocycles. The van der Waals surface area contributed by atoms with Crippen molar-refractivity contribution in [1.82, 2.24) is 9.97 Å². The first-order chi connectivity index (χ1) is 18.3. The molecule has 3 aromatic carbocycles. The van der Waals surface area contributed by atoms with Gasteiger partial charge in [0, 0.05) is 17.8 Å². The Bertz CT molecular complexity index is 1600. The summed E-state index contributed by atoms with van der Waals surface area (Å²) in [5.74, 6) is 1.13. The van der Waals surface area contributed by atoms with E-state index in [0.29, 0.717) is 40.1 Å². The van der Waals surface area contributed by atoms with E-state index in [-0.39, 0.29) is 24.5 Å². The van der Waals surface area contributed by atoms with Gasteiger partial charge in [-0.3, -0.25) is 14.4 Å². The quantitative estimate of drug-likeness (QED) is 0.153. The van der Waals surface area contributed by atoms with Crippen molar-refractivity contribution in [2.75, 3.05) is 18.1 Å². The van der Waals surface area contributed by atoms with Gasteiger partial charge in [0.1, 0.15) is 11.7 Å². The third-order valence-corrected chi connectivity index (χ3v) is 6.34. The number of ether oxygens (including phenoxy) is 1. The van der Waals surface area contributed by atoms with E-state index < -0.39 is 11.9 Å². The number of Topliss-reactive ketones (excluding diaryl/α,β-unsaturated/α-hetero) is 1. The highest BCUT2D eigenvalue weighted by Gasteiger charge is 2.33. The van der Waals surface area contributed by atoms with Crippen molar-refractivity contribution in [3.8, 4) is 12.3 Å². The number of anilines is 1. The van der Waals surface area contributed by atoms with E-state index >= 15 is 0 Å². The molecule has 0 fully saturated rings. The first kappa shape index (κ1) is 26.4. The molecule has 0 saturated carbocycles. The van der Waals surface area contributed by atoms with E-state index in [1.54, 1.807) is 50.2 Å². The van der Waals surface area contributed by atoms with Gasteiger partial charge in [-0.2, -0.15) is 0 Å². The second kappa shape index (κ2) is 11.6. The zero-order valence-corrected chi connectivity index (χ0v) is 21.7. The molecule has 1 atom stereocenters. The van der Waals surface area contributed by atoms with Crippen LogP contribution in [0.15, 0.2) is 71.5 Å². The van der Waals surface area contributed by atoms with E-state index in [1.807, 2.05) is 42.2 Å². The number of aromatic nitrogens is 2. The summed E-state index contributed by atoms with van der Waals surface area (Å²) in [6.07, 6.45) is 5.72. The lowest BCUT2D eigenvalue weighted by Crippen LogP contribution is -2.29. The predicted molar refractivity (Wildman–Crippen MR) is 148 cm³/mol.